The van der Waals surface area contributed by atoms with Gasteiger partial charge in [0.05, 0.1) is 39.0 Å². The monoisotopic (exact) mass is 756 g/mol. The predicted octanol–water partition coefficient (Wildman–Crippen LogP) is 5.08. The summed E-state index contributed by atoms with van der Waals surface area (Å²) in [6.45, 7) is 8.73. The van der Waals surface area contributed by atoms with E-state index in [0.29, 0.717) is 42.1 Å². The molecule has 3 aromatic rings. The van der Waals surface area contributed by atoms with Crippen molar-refractivity contribution in [3.8, 4) is 16.9 Å². The van der Waals surface area contributed by atoms with Gasteiger partial charge in [-0.15, -0.1) is 0 Å². The van der Waals surface area contributed by atoms with E-state index in [0.717, 1.165) is 34.4 Å². The number of hydroxylamine groups is 2. The van der Waals surface area contributed by atoms with Gasteiger partial charge in [-0.05, 0) is 78.7 Å². The Balaban J connectivity index is 1.28. The Kier molecular flexibility index (Phi) is 12.6. The summed E-state index contributed by atoms with van der Waals surface area (Å²) in [4.78, 5) is 36.4. The Morgan fingerprint density at radius 3 is 2.42 bits per heavy atom. The van der Waals surface area contributed by atoms with Gasteiger partial charge in [0, 0.05) is 55.5 Å². The van der Waals surface area contributed by atoms with E-state index in [4.69, 9.17) is 14.3 Å². The van der Waals surface area contributed by atoms with Gasteiger partial charge >= 0.3 is 0 Å². The molecule has 2 bridgehead atoms. The molecule has 1 heterocycles. The van der Waals surface area contributed by atoms with Crippen LogP contribution in [-0.2, 0) is 27.3 Å². The average Bonchev–Trinajstić information content (AvgIpc) is 3.54. The number of hydrogen-bond acceptors (Lipinski definition) is 9. The van der Waals surface area contributed by atoms with Crippen molar-refractivity contribution in [1.82, 2.24) is 15.7 Å². The minimum absolute atomic E-state index is 0.0327. The fraction of sp³-hybridized carbons (Fsp3) is 0.545. The zero-order valence-electron chi connectivity index (χ0n) is 33.6. The third-order valence-corrected chi connectivity index (χ3v) is 12.7. The topological polar surface area (TPSA) is 133 Å². The first kappa shape index (κ1) is 40.7. The summed E-state index contributed by atoms with van der Waals surface area (Å²) in [5.74, 6) is 0.943. The van der Waals surface area contributed by atoms with E-state index in [2.05, 4.69) is 31.4 Å². The first-order chi connectivity index (χ1) is 26.3. The number of methoxy groups -OCH3 is 2. The fourth-order valence-corrected chi connectivity index (χ4v) is 9.51. The Labute approximate surface area is 326 Å². The molecule has 3 aliphatic carbocycles. The molecule has 7 rings (SSSR count). The highest BCUT2D eigenvalue weighted by Gasteiger charge is 2.57. The summed E-state index contributed by atoms with van der Waals surface area (Å²) < 4.78 is 11.6. The molecular weight excluding hydrogens is 697 g/mol. The highest BCUT2D eigenvalue weighted by molar-refractivity contribution is 5.97. The Hall–Kier alpha value is -4.00. The summed E-state index contributed by atoms with van der Waals surface area (Å²) in [6.07, 6.45) is 1.08. The maximum absolute atomic E-state index is 14.3. The molecule has 4 N–H and O–H groups in total. The molecule has 3 saturated carbocycles. The minimum Gasteiger partial charge on any atom is -0.496 e. The number of amides is 2. The van der Waals surface area contributed by atoms with E-state index < -0.39 is 24.2 Å². The van der Waals surface area contributed by atoms with E-state index in [1.54, 1.807) is 26.2 Å². The van der Waals surface area contributed by atoms with E-state index in [9.17, 15) is 19.8 Å². The lowest BCUT2D eigenvalue weighted by Crippen LogP contribution is -2.62. The number of rotatable bonds is 15. The molecule has 4 fully saturated rings. The zero-order valence-corrected chi connectivity index (χ0v) is 33.6. The summed E-state index contributed by atoms with van der Waals surface area (Å²) in [6, 6.07) is 20.5. The van der Waals surface area contributed by atoms with Gasteiger partial charge in [0.2, 0.25) is 5.91 Å². The normalized spacial score (nSPS) is 26.8. The van der Waals surface area contributed by atoms with Crippen LogP contribution in [-0.4, -0.2) is 99.0 Å². The lowest BCUT2D eigenvalue weighted by Gasteiger charge is -2.62. The second kappa shape index (κ2) is 17.0. The van der Waals surface area contributed by atoms with Gasteiger partial charge in [-0.3, -0.25) is 14.4 Å². The molecule has 9 atom stereocenters. The molecule has 11 nitrogen and oxygen atoms in total. The molecule has 11 heteroatoms. The van der Waals surface area contributed by atoms with Crippen molar-refractivity contribution in [3.63, 3.8) is 0 Å². The molecule has 0 radical (unpaired) electrons. The SMILES string of the molecule is COCC(Cc1ccccc1)NC(=O)c1cc(-c2cccc(CN3O[C@@H](CO)[C@@H]([C@H](C)O)[C@H]3C(=O)N[C@H]3C[C@H]4C[C@@H]([C@@H]3C)C4(C)C)c2OC)cc(N(C)C)c1. The molecule has 1 saturated heterocycles. The summed E-state index contributed by atoms with van der Waals surface area (Å²) >= 11 is 0. The molecule has 0 aromatic heterocycles. The van der Waals surface area contributed by atoms with E-state index in [1.165, 1.54) is 6.42 Å². The van der Waals surface area contributed by atoms with Crippen molar-refractivity contribution in [1.29, 1.82) is 0 Å². The number of aliphatic hydroxyl groups excluding tert-OH is 2. The van der Waals surface area contributed by atoms with Gasteiger partial charge in [0.1, 0.15) is 17.9 Å². The Morgan fingerprint density at radius 1 is 1.05 bits per heavy atom. The predicted molar refractivity (Wildman–Crippen MR) is 214 cm³/mol. The summed E-state index contributed by atoms with van der Waals surface area (Å²) in [7, 11) is 7.10. The van der Waals surface area contributed by atoms with Crippen LogP contribution in [0.4, 0.5) is 5.69 Å². The van der Waals surface area contributed by atoms with E-state index in [1.807, 2.05) is 85.7 Å². The number of hydrogen-bond donors (Lipinski definition) is 4. The summed E-state index contributed by atoms with van der Waals surface area (Å²) in [5.41, 5.74) is 5.00. The third kappa shape index (κ3) is 8.42. The smallest absolute Gasteiger partial charge is 0.251 e. The van der Waals surface area contributed by atoms with Crippen LogP contribution in [0.2, 0.25) is 0 Å². The van der Waals surface area contributed by atoms with Gasteiger partial charge in [0.15, 0.2) is 0 Å². The molecule has 3 aromatic carbocycles. The number of carbonyl (C=O) groups excluding carboxylic acids is 2. The van der Waals surface area contributed by atoms with Gasteiger partial charge in [-0.2, -0.15) is 5.06 Å². The van der Waals surface area contributed by atoms with Crippen LogP contribution >= 0.6 is 0 Å². The van der Waals surface area contributed by atoms with Crippen molar-refractivity contribution in [3.05, 3.63) is 83.4 Å². The van der Waals surface area contributed by atoms with Crippen LogP contribution in [0.25, 0.3) is 11.1 Å². The maximum atomic E-state index is 14.3. The second-order valence-corrected chi connectivity index (χ2v) is 16.7. The van der Waals surface area contributed by atoms with Gasteiger partial charge < -0.3 is 35.2 Å². The first-order valence-electron chi connectivity index (χ1n) is 19.6. The molecule has 4 aliphatic rings. The van der Waals surface area contributed by atoms with Crippen LogP contribution < -0.4 is 20.3 Å². The van der Waals surface area contributed by atoms with Crippen molar-refractivity contribution >= 4 is 17.5 Å². The van der Waals surface area contributed by atoms with Crippen molar-refractivity contribution < 1.29 is 34.1 Å². The highest BCUT2D eigenvalue weighted by Crippen LogP contribution is 2.61. The number of aliphatic hydroxyl groups is 2. The largest absolute Gasteiger partial charge is 0.496 e. The van der Waals surface area contributed by atoms with E-state index in [-0.39, 0.29) is 42.5 Å². The Bertz CT molecular complexity index is 1800. The third-order valence-electron chi connectivity index (χ3n) is 12.7. The van der Waals surface area contributed by atoms with Crippen molar-refractivity contribution in [2.45, 2.75) is 83.8 Å². The molecule has 0 spiro atoms. The van der Waals surface area contributed by atoms with Crippen molar-refractivity contribution in [2.24, 2.45) is 29.1 Å². The van der Waals surface area contributed by atoms with Gasteiger partial charge in [-0.1, -0.05) is 69.3 Å². The van der Waals surface area contributed by atoms with E-state index >= 15 is 0 Å². The number of para-hydroxylation sites is 1. The number of anilines is 1. The maximum Gasteiger partial charge on any atom is 0.251 e. The molecule has 298 valence electrons. The zero-order chi connectivity index (χ0) is 39.6. The number of ether oxygens (including phenoxy) is 2. The number of benzene rings is 3. The molecular formula is C44H60N4O7. The van der Waals surface area contributed by atoms with Gasteiger partial charge in [-0.25, -0.2) is 0 Å². The van der Waals surface area contributed by atoms with Crippen molar-refractivity contribution in [2.75, 3.05) is 46.4 Å². The van der Waals surface area contributed by atoms with Crippen LogP contribution in [0.1, 0.15) is 62.0 Å². The second-order valence-electron chi connectivity index (χ2n) is 16.7. The number of carbonyl (C=O) groups is 2. The quantitative estimate of drug-likeness (QED) is 0.168. The van der Waals surface area contributed by atoms with Crippen LogP contribution in [0.3, 0.4) is 0 Å². The van der Waals surface area contributed by atoms with Crippen LogP contribution in [0, 0.1) is 29.1 Å². The fourth-order valence-electron chi connectivity index (χ4n) is 9.51. The lowest BCUT2D eigenvalue weighted by atomic mass is 9.45. The number of nitrogens with zero attached hydrogens (tertiary/aromatic N) is 2. The summed E-state index contributed by atoms with van der Waals surface area (Å²) in [5, 5.41) is 29.5. The minimum atomic E-state index is -0.906. The number of fused-ring (bicyclic) bond motifs is 2. The number of nitrogens with one attached hydrogen (secondary N) is 2. The standard InChI is InChI=1S/C44H60N4O7/c1-26-36-21-32(44(36,3)4)22-37(26)46-43(52)40-39(27(2)50)38(24-49)55-48(40)23-29-15-12-16-35(41(29)54-8)30-18-31(20-34(19-30)47(5)6)42(51)45-33(25-53-7)17-28-13-10-9-11-14-28/h9-16,18-20,26-27,32-33,36-40,49-50H,17,21-25H2,1-8H3,(H,45,51)(H,46,52)/t26-,27-,32+,33?,36-,37-,38-,39+,40-/m0/s1. The molecule has 1 aliphatic heterocycles. The molecule has 2 amide bonds. The lowest BCUT2D eigenvalue weighted by molar-refractivity contribution is -0.183. The van der Waals surface area contributed by atoms with Gasteiger partial charge in [0.25, 0.3) is 5.91 Å². The first-order valence-corrected chi connectivity index (χ1v) is 19.6. The highest BCUT2D eigenvalue weighted by atomic mass is 16.7. The van der Waals surface area contributed by atoms with Crippen LogP contribution in [0.15, 0.2) is 66.7 Å². The molecule has 1 unspecified atom stereocenters. The molecule has 55 heavy (non-hydrogen) atoms. The Morgan fingerprint density at radius 2 is 1.80 bits per heavy atom. The van der Waals surface area contributed by atoms with Crippen LogP contribution in [0.5, 0.6) is 5.75 Å². The average molecular weight is 757 g/mol.